The fourth-order valence-electron chi connectivity index (χ4n) is 13.8. The molecular weight excluding hydrogens is 456 g/mol. The number of unbranched alkanes of at least 4 members (excludes halogenated alkanes) is 2. The molecule has 0 amide bonds. The van der Waals surface area contributed by atoms with Gasteiger partial charge in [0.25, 0.3) is 0 Å². The first-order valence-electron chi connectivity index (χ1n) is 17.3. The third-order valence-corrected chi connectivity index (χ3v) is 15.0. The lowest BCUT2D eigenvalue weighted by Crippen LogP contribution is -2.72. The van der Waals surface area contributed by atoms with Crippen molar-refractivity contribution in [1.29, 1.82) is 0 Å². The maximum absolute atomic E-state index is 4.59. The van der Waals surface area contributed by atoms with E-state index in [4.69, 9.17) is 0 Å². The number of rotatable bonds is 7. The molecule has 0 heteroatoms. The summed E-state index contributed by atoms with van der Waals surface area (Å²) in [5.74, 6) is 9.90. The van der Waals surface area contributed by atoms with Crippen molar-refractivity contribution in [3.05, 3.63) is 12.2 Å². The zero-order chi connectivity index (χ0) is 28.4. The Labute approximate surface area is 240 Å². The van der Waals surface area contributed by atoms with Crippen molar-refractivity contribution >= 4 is 0 Å². The van der Waals surface area contributed by atoms with Crippen molar-refractivity contribution in [1.82, 2.24) is 0 Å². The van der Waals surface area contributed by atoms with Crippen LogP contribution in [-0.4, -0.2) is 0 Å². The van der Waals surface area contributed by atoms with Crippen LogP contribution in [0.1, 0.15) is 141 Å². The van der Waals surface area contributed by atoms with Crippen LogP contribution in [0.15, 0.2) is 12.2 Å². The van der Waals surface area contributed by atoms with E-state index in [1.54, 1.807) is 0 Å². The molecule has 0 aliphatic heterocycles. The molecule has 0 aromatic heterocycles. The van der Waals surface area contributed by atoms with E-state index in [0.717, 1.165) is 59.2 Å². The maximum atomic E-state index is 4.59. The Hall–Kier alpha value is -0.260. The van der Waals surface area contributed by atoms with Crippen molar-refractivity contribution in [3.8, 4) is 0 Å². The molecular formula is C38H68. The molecule has 0 nitrogen and oxygen atoms in total. The van der Waals surface area contributed by atoms with Crippen LogP contribution in [-0.2, 0) is 0 Å². The first-order valence-corrected chi connectivity index (χ1v) is 17.3. The number of hydrogen-bond donors (Lipinski definition) is 0. The van der Waals surface area contributed by atoms with Crippen LogP contribution in [0.5, 0.6) is 0 Å². The van der Waals surface area contributed by atoms with Gasteiger partial charge in [0.2, 0.25) is 0 Å². The van der Waals surface area contributed by atoms with E-state index in [1.807, 2.05) is 0 Å². The highest BCUT2D eigenvalue weighted by Crippen LogP contribution is 2.79. The van der Waals surface area contributed by atoms with Crippen molar-refractivity contribution < 1.29 is 0 Å². The Kier molecular flexibility index (Phi) is 8.77. The van der Waals surface area contributed by atoms with E-state index < -0.39 is 0 Å². The summed E-state index contributed by atoms with van der Waals surface area (Å²) in [6.07, 6.45) is 13.0. The monoisotopic (exact) mass is 525 g/mol. The molecule has 0 aromatic rings. The lowest BCUT2D eigenvalue weighted by atomic mass is 9.27. The summed E-state index contributed by atoms with van der Waals surface area (Å²) < 4.78 is 0. The third-order valence-electron chi connectivity index (χ3n) is 15.0. The highest BCUT2D eigenvalue weighted by molar-refractivity contribution is 5.23. The van der Waals surface area contributed by atoms with Crippen molar-refractivity contribution in [2.75, 3.05) is 0 Å². The summed E-state index contributed by atoms with van der Waals surface area (Å²) in [7, 11) is 0. The van der Waals surface area contributed by atoms with Crippen molar-refractivity contribution in [2.24, 2.45) is 87.3 Å². The standard InChI is InChI=1S/C38H68/c1-14-15-16-20-31-30-19-17-18-25(6)34(30)27(8)35-29(10)38(13)28(9)33(24(4)5)26(7)22-36(38,11)32(21-23(2)3)37(31,35)12/h23,25-35H,4,14-22H2,1-3,5-13H3. The summed E-state index contributed by atoms with van der Waals surface area (Å²) in [5, 5.41) is 0. The second-order valence-electron chi connectivity index (χ2n) is 17.0. The van der Waals surface area contributed by atoms with Crippen LogP contribution in [0.4, 0.5) is 0 Å². The van der Waals surface area contributed by atoms with Gasteiger partial charge in [0.15, 0.2) is 0 Å². The van der Waals surface area contributed by atoms with Crippen molar-refractivity contribution in [2.45, 2.75) is 141 Å². The molecule has 0 heterocycles. The van der Waals surface area contributed by atoms with E-state index in [0.29, 0.717) is 28.1 Å². The van der Waals surface area contributed by atoms with E-state index >= 15 is 0 Å². The van der Waals surface area contributed by atoms with Gasteiger partial charge in [-0.3, -0.25) is 0 Å². The maximum Gasteiger partial charge on any atom is -0.0152 e. The summed E-state index contributed by atoms with van der Waals surface area (Å²) in [4.78, 5) is 0. The molecule has 0 radical (unpaired) electrons. The molecule has 38 heavy (non-hydrogen) atoms. The lowest BCUT2D eigenvalue weighted by molar-refractivity contribution is -0.295. The largest absolute Gasteiger partial charge is 0.0998 e. The Bertz CT molecular complexity index is 837. The average molecular weight is 525 g/mol. The van der Waals surface area contributed by atoms with Crippen LogP contribution < -0.4 is 0 Å². The topological polar surface area (TPSA) is 0 Å². The van der Waals surface area contributed by atoms with Gasteiger partial charge in [0.05, 0.1) is 0 Å². The van der Waals surface area contributed by atoms with Gasteiger partial charge in [0.1, 0.15) is 0 Å². The summed E-state index contributed by atoms with van der Waals surface area (Å²) in [5.41, 5.74) is 2.66. The van der Waals surface area contributed by atoms with Gasteiger partial charge >= 0.3 is 0 Å². The van der Waals surface area contributed by atoms with Crippen LogP contribution in [0.25, 0.3) is 0 Å². The predicted octanol–water partition coefficient (Wildman–Crippen LogP) is 11.7. The van der Waals surface area contributed by atoms with Crippen LogP contribution in [0.3, 0.4) is 0 Å². The molecule has 14 unspecified atom stereocenters. The van der Waals surface area contributed by atoms with Gasteiger partial charge in [-0.1, -0.05) is 120 Å². The number of hydrogen-bond acceptors (Lipinski definition) is 0. The van der Waals surface area contributed by atoms with Crippen LogP contribution in [0, 0.1) is 87.3 Å². The molecule has 4 saturated carbocycles. The predicted molar refractivity (Wildman–Crippen MR) is 168 cm³/mol. The first kappa shape index (κ1) is 30.7. The van der Waals surface area contributed by atoms with Crippen LogP contribution >= 0.6 is 0 Å². The van der Waals surface area contributed by atoms with E-state index in [9.17, 15) is 0 Å². The molecule has 0 bridgehead atoms. The smallest absolute Gasteiger partial charge is 0.0152 e. The van der Waals surface area contributed by atoms with Gasteiger partial charge in [0, 0.05) is 0 Å². The van der Waals surface area contributed by atoms with Crippen LogP contribution in [0.2, 0.25) is 0 Å². The minimum absolute atomic E-state index is 0.361. The Morgan fingerprint density at radius 1 is 0.921 bits per heavy atom. The third kappa shape index (κ3) is 4.25. The normalized spacial score (nSPS) is 52.7. The SMILES string of the molecule is C=C(C)C1C(C)CC2(C)C(CC(C)C)C3(C)C(CCCCC)C4CCCC(C)C4C(C)C3C(C)C2(C)C1C. The number of fused-ring (bicyclic) bond motifs is 3. The fraction of sp³-hybridized carbons (Fsp3) is 0.947. The summed E-state index contributed by atoms with van der Waals surface area (Å²) >= 11 is 0. The molecule has 0 N–H and O–H groups in total. The average Bonchev–Trinajstić information content (AvgIpc) is 2.81. The second-order valence-corrected chi connectivity index (χ2v) is 17.0. The minimum atomic E-state index is 0.361. The minimum Gasteiger partial charge on any atom is -0.0998 e. The molecule has 220 valence electrons. The lowest BCUT2D eigenvalue weighted by Gasteiger charge is -2.77. The molecule has 4 fully saturated rings. The first-order chi connectivity index (χ1) is 17.7. The Morgan fingerprint density at radius 2 is 1.58 bits per heavy atom. The summed E-state index contributed by atoms with van der Waals surface area (Å²) in [6, 6.07) is 0. The Balaban J connectivity index is 1.95. The molecule has 4 aliphatic carbocycles. The van der Waals surface area contributed by atoms with E-state index in [-0.39, 0.29) is 0 Å². The molecule has 0 aromatic carbocycles. The number of allylic oxidation sites excluding steroid dienone is 1. The fourth-order valence-corrected chi connectivity index (χ4v) is 13.8. The van der Waals surface area contributed by atoms with Gasteiger partial charge in [-0.2, -0.15) is 0 Å². The van der Waals surface area contributed by atoms with E-state index in [1.165, 1.54) is 63.4 Å². The summed E-state index contributed by atoms with van der Waals surface area (Å²) in [6.45, 7) is 36.3. The van der Waals surface area contributed by atoms with Crippen molar-refractivity contribution in [3.63, 3.8) is 0 Å². The molecule has 0 saturated heterocycles. The Morgan fingerprint density at radius 3 is 2.16 bits per heavy atom. The molecule has 4 rings (SSSR count). The zero-order valence-electron chi connectivity index (χ0n) is 28.0. The molecule has 4 aliphatic rings. The van der Waals surface area contributed by atoms with Gasteiger partial charge in [-0.25, -0.2) is 0 Å². The van der Waals surface area contributed by atoms with E-state index in [2.05, 4.69) is 89.7 Å². The van der Waals surface area contributed by atoms with Gasteiger partial charge in [-0.15, -0.1) is 0 Å². The zero-order valence-corrected chi connectivity index (χ0v) is 28.0. The quantitative estimate of drug-likeness (QED) is 0.229. The highest BCUT2D eigenvalue weighted by Gasteiger charge is 2.73. The molecule has 14 atom stereocenters. The molecule has 0 spiro atoms. The van der Waals surface area contributed by atoms with Gasteiger partial charge < -0.3 is 0 Å². The second kappa shape index (κ2) is 10.9. The van der Waals surface area contributed by atoms with Gasteiger partial charge in [-0.05, 0) is 120 Å². The highest BCUT2D eigenvalue weighted by atomic mass is 14.8.